The quantitative estimate of drug-likeness (QED) is 0.563. The summed E-state index contributed by atoms with van der Waals surface area (Å²) >= 11 is 3.50. The molecule has 0 saturated carbocycles. The number of H-pyrrole nitrogens is 1. The first-order chi connectivity index (χ1) is 11.8. The van der Waals surface area contributed by atoms with Crippen molar-refractivity contribution in [2.45, 2.75) is 6.54 Å². The SMILES string of the molecule is Brc1ccc2ccc(CNc3ccc(-c4nn[nH]n4)nn3)cc2c1. The molecule has 24 heavy (non-hydrogen) atoms. The predicted octanol–water partition coefficient (Wildman–Crippen LogP) is 3.18. The van der Waals surface area contributed by atoms with Gasteiger partial charge in [0.2, 0.25) is 5.82 Å². The molecular formula is C16H12BrN7. The van der Waals surface area contributed by atoms with Crippen molar-refractivity contribution >= 4 is 32.5 Å². The second kappa shape index (κ2) is 6.32. The summed E-state index contributed by atoms with van der Waals surface area (Å²) in [5, 5.41) is 27.5. The molecule has 0 saturated heterocycles. The lowest BCUT2D eigenvalue weighted by atomic mass is 10.1. The average Bonchev–Trinajstić information content (AvgIpc) is 3.14. The van der Waals surface area contributed by atoms with Crippen molar-refractivity contribution in [3.63, 3.8) is 0 Å². The summed E-state index contributed by atoms with van der Waals surface area (Å²) in [4.78, 5) is 0. The van der Waals surface area contributed by atoms with Gasteiger partial charge in [0.25, 0.3) is 0 Å². The molecule has 0 aliphatic heterocycles. The van der Waals surface area contributed by atoms with E-state index in [4.69, 9.17) is 0 Å². The standard InChI is InChI=1S/C16H12BrN7/c17-13-4-3-11-2-1-10(7-12(11)8-13)9-18-15-6-5-14(19-20-15)16-21-23-24-22-16/h1-8H,9H2,(H,18,20)(H,21,22,23,24). The van der Waals surface area contributed by atoms with Gasteiger partial charge in [-0.15, -0.1) is 20.4 Å². The summed E-state index contributed by atoms with van der Waals surface area (Å²) in [5.74, 6) is 1.12. The molecule has 0 aliphatic rings. The summed E-state index contributed by atoms with van der Waals surface area (Å²) in [6.07, 6.45) is 0. The van der Waals surface area contributed by atoms with Crippen molar-refractivity contribution in [2.75, 3.05) is 5.32 Å². The fraction of sp³-hybridized carbons (Fsp3) is 0.0625. The van der Waals surface area contributed by atoms with Gasteiger partial charge in [-0.05, 0) is 51.9 Å². The number of anilines is 1. The first-order valence-corrected chi connectivity index (χ1v) is 8.07. The minimum absolute atomic E-state index is 0.425. The number of tetrazole rings is 1. The Hall–Kier alpha value is -2.87. The molecule has 2 aromatic heterocycles. The van der Waals surface area contributed by atoms with Crippen molar-refractivity contribution in [3.8, 4) is 11.5 Å². The molecule has 0 atom stereocenters. The largest absolute Gasteiger partial charge is 0.365 e. The highest BCUT2D eigenvalue weighted by Crippen LogP contribution is 2.21. The molecule has 0 bridgehead atoms. The van der Waals surface area contributed by atoms with Crippen LogP contribution in [-0.2, 0) is 6.54 Å². The van der Waals surface area contributed by atoms with Crippen LogP contribution in [0.1, 0.15) is 5.56 Å². The third-order valence-corrected chi connectivity index (χ3v) is 4.07. The van der Waals surface area contributed by atoms with Gasteiger partial charge >= 0.3 is 0 Å². The highest BCUT2D eigenvalue weighted by atomic mass is 79.9. The first-order valence-electron chi connectivity index (χ1n) is 7.27. The van der Waals surface area contributed by atoms with Gasteiger partial charge in [0.05, 0.1) is 0 Å². The van der Waals surface area contributed by atoms with Crippen molar-refractivity contribution in [1.82, 2.24) is 30.8 Å². The van der Waals surface area contributed by atoms with E-state index in [-0.39, 0.29) is 0 Å². The lowest BCUT2D eigenvalue weighted by Gasteiger charge is -2.07. The Balaban J connectivity index is 1.48. The number of rotatable bonds is 4. The molecule has 0 amide bonds. The van der Waals surface area contributed by atoms with Gasteiger partial charge in [-0.3, -0.25) is 0 Å². The number of halogens is 1. The van der Waals surface area contributed by atoms with E-state index in [1.165, 1.54) is 16.3 Å². The summed E-state index contributed by atoms with van der Waals surface area (Å²) < 4.78 is 1.07. The molecule has 118 valence electrons. The van der Waals surface area contributed by atoms with E-state index < -0.39 is 0 Å². The van der Waals surface area contributed by atoms with Crippen LogP contribution in [0.5, 0.6) is 0 Å². The molecule has 0 fully saturated rings. The molecule has 2 N–H and O–H groups in total. The van der Waals surface area contributed by atoms with E-state index in [0.717, 1.165) is 4.47 Å². The van der Waals surface area contributed by atoms with Crippen LogP contribution in [0.2, 0.25) is 0 Å². The van der Waals surface area contributed by atoms with Crippen LogP contribution in [0, 0.1) is 0 Å². The van der Waals surface area contributed by atoms with Gasteiger partial charge < -0.3 is 5.32 Å². The molecule has 7 nitrogen and oxygen atoms in total. The Labute approximate surface area is 145 Å². The predicted molar refractivity (Wildman–Crippen MR) is 94.2 cm³/mol. The number of hydrogen-bond acceptors (Lipinski definition) is 6. The number of hydrogen-bond donors (Lipinski definition) is 2. The number of nitrogens with zero attached hydrogens (tertiary/aromatic N) is 5. The van der Waals surface area contributed by atoms with Crippen molar-refractivity contribution in [2.24, 2.45) is 0 Å². The van der Waals surface area contributed by atoms with Gasteiger partial charge in [-0.25, -0.2) is 0 Å². The van der Waals surface area contributed by atoms with E-state index in [1.807, 2.05) is 12.1 Å². The van der Waals surface area contributed by atoms with Crippen LogP contribution in [-0.4, -0.2) is 30.8 Å². The molecule has 2 aromatic carbocycles. The molecule has 0 radical (unpaired) electrons. The molecule has 4 rings (SSSR count). The third-order valence-electron chi connectivity index (χ3n) is 3.58. The molecule has 4 aromatic rings. The van der Waals surface area contributed by atoms with Gasteiger partial charge in [-0.2, -0.15) is 5.21 Å². The maximum absolute atomic E-state index is 4.14. The fourth-order valence-corrected chi connectivity index (χ4v) is 2.76. The van der Waals surface area contributed by atoms with E-state index in [1.54, 1.807) is 6.07 Å². The normalized spacial score (nSPS) is 10.9. The third kappa shape index (κ3) is 3.09. The number of fused-ring (bicyclic) bond motifs is 1. The number of benzene rings is 2. The maximum atomic E-state index is 4.14. The van der Waals surface area contributed by atoms with Crippen molar-refractivity contribution < 1.29 is 0 Å². The zero-order valence-electron chi connectivity index (χ0n) is 12.4. The first kappa shape index (κ1) is 14.7. The molecule has 0 unspecified atom stereocenters. The summed E-state index contributed by atoms with van der Waals surface area (Å²) in [6, 6.07) is 16.3. The van der Waals surface area contributed by atoms with E-state index >= 15 is 0 Å². The Bertz CT molecular complexity index is 968. The van der Waals surface area contributed by atoms with E-state index in [0.29, 0.717) is 23.9 Å². The monoisotopic (exact) mass is 381 g/mol. The zero-order chi connectivity index (χ0) is 16.4. The smallest absolute Gasteiger partial charge is 0.224 e. The zero-order valence-corrected chi connectivity index (χ0v) is 14.0. The van der Waals surface area contributed by atoms with E-state index in [9.17, 15) is 0 Å². The van der Waals surface area contributed by atoms with Crippen molar-refractivity contribution in [3.05, 3.63) is 58.6 Å². The van der Waals surface area contributed by atoms with Crippen LogP contribution >= 0.6 is 15.9 Å². The van der Waals surface area contributed by atoms with Crippen LogP contribution in [0.3, 0.4) is 0 Å². The van der Waals surface area contributed by atoms with Crippen LogP contribution < -0.4 is 5.32 Å². The van der Waals surface area contributed by atoms with Crippen molar-refractivity contribution in [1.29, 1.82) is 0 Å². The minimum atomic E-state index is 0.425. The molecule has 2 heterocycles. The highest BCUT2D eigenvalue weighted by Gasteiger charge is 2.05. The topological polar surface area (TPSA) is 92.3 Å². The number of aromatic nitrogens is 6. The lowest BCUT2D eigenvalue weighted by molar-refractivity contribution is 0.881. The highest BCUT2D eigenvalue weighted by molar-refractivity contribution is 9.10. The summed E-state index contributed by atoms with van der Waals surface area (Å²) in [5.41, 5.74) is 1.74. The lowest BCUT2D eigenvalue weighted by Crippen LogP contribution is -2.02. The van der Waals surface area contributed by atoms with Gasteiger partial charge in [-0.1, -0.05) is 34.1 Å². The fourth-order valence-electron chi connectivity index (χ4n) is 2.39. The summed E-state index contributed by atoms with van der Waals surface area (Å²) in [6.45, 7) is 0.665. The number of nitrogens with one attached hydrogen (secondary N) is 2. The van der Waals surface area contributed by atoms with Crippen LogP contribution in [0.15, 0.2) is 53.0 Å². The molecule has 0 spiro atoms. The van der Waals surface area contributed by atoms with Gasteiger partial charge in [0.1, 0.15) is 11.5 Å². The molecular weight excluding hydrogens is 370 g/mol. The van der Waals surface area contributed by atoms with Crippen LogP contribution in [0.25, 0.3) is 22.3 Å². The van der Waals surface area contributed by atoms with Gasteiger partial charge in [0, 0.05) is 11.0 Å². The molecule has 0 aliphatic carbocycles. The Morgan fingerprint density at radius 2 is 1.83 bits per heavy atom. The second-order valence-corrected chi connectivity index (χ2v) is 6.13. The second-order valence-electron chi connectivity index (χ2n) is 5.22. The van der Waals surface area contributed by atoms with Crippen LogP contribution in [0.4, 0.5) is 5.82 Å². The Kier molecular flexibility index (Phi) is 3.87. The van der Waals surface area contributed by atoms with E-state index in [2.05, 4.69) is 82.4 Å². The number of aromatic amines is 1. The summed E-state index contributed by atoms with van der Waals surface area (Å²) in [7, 11) is 0. The minimum Gasteiger partial charge on any atom is -0.365 e. The Morgan fingerprint density at radius 3 is 2.62 bits per heavy atom. The molecule has 8 heteroatoms. The Morgan fingerprint density at radius 1 is 0.917 bits per heavy atom. The maximum Gasteiger partial charge on any atom is 0.224 e. The average molecular weight is 382 g/mol. The van der Waals surface area contributed by atoms with Gasteiger partial charge in [0.15, 0.2) is 0 Å².